The number of carbonyl (C=O) groups is 2. The summed E-state index contributed by atoms with van der Waals surface area (Å²) in [6.07, 6.45) is 3.03. The molecule has 18 heavy (non-hydrogen) atoms. The van der Waals surface area contributed by atoms with Crippen molar-refractivity contribution in [2.45, 2.75) is 32.2 Å². The molecule has 1 rings (SSSR count). The first-order valence-corrected chi connectivity index (χ1v) is 6.59. The number of carbonyl (C=O) groups excluding carboxylic acids is 2. The maximum absolute atomic E-state index is 11.7. The SMILES string of the molecule is CCCCOCCCNC(=O)C1CNC(=O)CN1. The molecule has 1 saturated heterocycles. The molecule has 2 amide bonds. The van der Waals surface area contributed by atoms with Crippen molar-refractivity contribution >= 4 is 11.8 Å². The number of hydrogen-bond acceptors (Lipinski definition) is 4. The molecule has 0 aromatic heterocycles. The predicted molar refractivity (Wildman–Crippen MR) is 68.2 cm³/mol. The van der Waals surface area contributed by atoms with E-state index in [2.05, 4.69) is 22.9 Å². The van der Waals surface area contributed by atoms with Crippen molar-refractivity contribution in [1.82, 2.24) is 16.0 Å². The number of amides is 2. The molecule has 0 saturated carbocycles. The monoisotopic (exact) mass is 257 g/mol. The van der Waals surface area contributed by atoms with Gasteiger partial charge in [0.2, 0.25) is 11.8 Å². The molecule has 6 heteroatoms. The van der Waals surface area contributed by atoms with E-state index in [-0.39, 0.29) is 24.4 Å². The van der Waals surface area contributed by atoms with Gasteiger partial charge in [0, 0.05) is 26.3 Å². The first-order chi connectivity index (χ1) is 8.74. The maximum Gasteiger partial charge on any atom is 0.238 e. The van der Waals surface area contributed by atoms with Crippen LogP contribution in [0, 0.1) is 0 Å². The lowest BCUT2D eigenvalue weighted by Crippen LogP contribution is -2.58. The van der Waals surface area contributed by atoms with Crippen LogP contribution in [0.5, 0.6) is 0 Å². The van der Waals surface area contributed by atoms with Crippen molar-refractivity contribution < 1.29 is 14.3 Å². The Hall–Kier alpha value is -1.14. The molecule has 6 nitrogen and oxygen atoms in total. The molecule has 1 fully saturated rings. The second-order valence-electron chi connectivity index (χ2n) is 4.35. The van der Waals surface area contributed by atoms with Crippen LogP contribution in [0.25, 0.3) is 0 Å². The van der Waals surface area contributed by atoms with Gasteiger partial charge < -0.3 is 15.4 Å². The average Bonchev–Trinajstić information content (AvgIpc) is 2.38. The van der Waals surface area contributed by atoms with E-state index in [9.17, 15) is 9.59 Å². The zero-order valence-electron chi connectivity index (χ0n) is 11.0. The van der Waals surface area contributed by atoms with Crippen molar-refractivity contribution in [3.63, 3.8) is 0 Å². The van der Waals surface area contributed by atoms with Gasteiger partial charge in [-0.25, -0.2) is 0 Å². The molecule has 0 aliphatic carbocycles. The highest BCUT2D eigenvalue weighted by molar-refractivity contribution is 5.86. The fourth-order valence-electron chi connectivity index (χ4n) is 1.61. The summed E-state index contributed by atoms with van der Waals surface area (Å²) in [4.78, 5) is 22.6. The highest BCUT2D eigenvalue weighted by Gasteiger charge is 2.22. The second kappa shape index (κ2) is 8.88. The van der Waals surface area contributed by atoms with Crippen molar-refractivity contribution in [3.05, 3.63) is 0 Å². The fraction of sp³-hybridized carbons (Fsp3) is 0.833. The van der Waals surface area contributed by atoms with Crippen LogP contribution in [0.1, 0.15) is 26.2 Å². The summed E-state index contributed by atoms with van der Waals surface area (Å²) in [5.41, 5.74) is 0. The van der Waals surface area contributed by atoms with Gasteiger partial charge in [0.1, 0.15) is 6.04 Å². The van der Waals surface area contributed by atoms with Gasteiger partial charge >= 0.3 is 0 Å². The normalized spacial score (nSPS) is 19.4. The van der Waals surface area contributed by atoms with Gasteiger partial charge in [0.25, 0.3) is 0 Å². The Morgan fingerprint density at radius 2 is 2.22 bits per heavy atom. The van der Waals surface area contributed by atoms with Crippen LogP contribution < -0.4 is 16.0 Å². The van der Waals surface area contributed by atoms with Crippen molar-refractivity contribution in [3.8, 4) is 0 Å². The van der Waals surface area contributed by atoms with Gasteiger partial charge in [-0.05, 0) is 12.8 Å². The minimum atomic E-state index is -0.316. The van der Waals surface area contributed by atoms with Crippen molar-refractivity contribution in [2.24, 2.45) is 0 Å². The van der Waals surface area contributed by atoms with Gasteiger partial charge in [-0.15, -0.1) is 0 Å². The van der Waals surface area contributed by atoms with E-state index >= 15 is 0 Å². The molecule has 1 aliphatic rings. The van der Waals surface area contributed by atoms with Crippen LogP contribution in [0.3, 0.4) is 0 Å². The summed E-state index contributed by atoms with van der Waals surface area (Å²) < 4.78 is 5.39. The van der Waals surface area contributed by atoms with Crippen molar-refractivity contribution in [2.75, 3.05) is 32.8 Å². The number of piperazine rings is 1. The molecule has 0 aromatic carbocycles. The van der Waals surface area contributed by atoms with Crippen LogP contribution in [-0.2, 0) is 14.3 Å². The molecule has 0 aromatic rings. The molecule has 1 unspecified atom stereocenters. The molecule has 0 bridgehead atoms. The summed E-state index contributed by atoms with van der Waals surface area (Å²) in [7, 11) is 0. The van der Waals surface area contributed by atoms with Crippen molar-refractivity contribution in [1.29, 1.82) is 0 Å². The molecule has 0 radical (unpaired) electrons. The molecule has 1 aliphatic heterocycles. The topological polar surface area (TPSA) is 79.5 Å². The van der Waals surface area contributed by atoms with Crippen LogP contribution in [0.15, 0.2) is 0 Å². The molecule has 0 spiro atoms. The van der Waals surface area contributed by atoms with Gasteiger partial charge in [0.05, 0.1) is 6.54 Å². The van der Waals surface area contributed by atoms with E-state index in [1.807, 2.05) is 0 Å². The van der Waals surface area contributed by atoms with E-state index in [4.69, 9.17) is 4.74 Å². The summed E-state index contributed by atoms with van der Waals surface area (Å²) in [5.74, 6) is -0.132. The van der Waals surface area contributed by atoms with E-state index < -0.39 is 0 Å². The average molecular weight is 257 g/mol. The lowest BCUT2D eigenvalue weighted by Gasteiger charge is -2.23. The third kappa shape index (κ3) is 5.97. The Morgan fingerprint density at radius 3 is 2.89 bits per heavy atom. The first-order valence-electron chi connectivity index (χ1n) is 6.59. The molecule has 1 heterocycles. The van der Waals surface area contributed by atoms with Crippen LogP contribution in [0.4, 0.5) is 0 Å². The van der Waals surface area contributed by atoms with Crippen LogP contribution in [-0.4, -0.2) is 50.7 Å². The summed E-state index contributed by atoms with van der Waals surface area (Å²) in [6.45, 7) is 4.77. The van der Waals surface area contributed by atoms with E-state index in [0.29, 0.717) is 19.7 Å². The smallest absolute Gasteiger partial charge is 0.238 e. The number of ether oxygens (including phenoxy) is 1. The molecule has 1 atom stereocenters. The molecule has 3 N–H and O–H groups in total. The van der Waals surface area contributed by atoms with Gasteiger partial charge in [-0.2, -0.15) is 0 Å². The highest BCUT2D eigenvalue weighted by atomic mass is 16.5. The zero-order valence-corrected chi connectivity index (χ0v) is 11.0. The lowest BCUT2D eigenvalue weighted by molar-refractivity contribution is -0.126. The third-order valence-electron chi connectivity index (χ3n) is 2.74. The third-order valence-corrected chi connectivity index (χ3v) is 2.74. The first kappa shape index (κ1) is 14.9. The fourth-order valence-corrected chi connectivity index (χ4v) is 1.61. The number of hydrogen-bond donors (Lipinski definition) is 3. The molecular weight excluding hydrogens is 234 g/mol. The van der Waals surface area contributed by atoms with Gasteiger partial charge in [-0.1, -0.05) is 13.3 Å². The van der Waals surface area contributed by atoms with Crippen LogP contribution >= 0.6 is 0 Å². The number of unbranched alkanes of at least 4 members (excludes halogenated alkanes) is 1. The summed E-state index contributed by atoms with van der Waals surface area (Å²) in [6, 6.07) is -0.316. The lowest BCUT2D eigenvalue weighted by atomic mass is 10.2. The summed E-state index contributed by atoms with van der Waals surface area (Å²) >= 11 is 0. The minimum Gasteiger partial charge on any atom is -0.381 e. The van der Waals surface area contributed by atoms with Crippen LogP contribution in [0.2, 0.25) is 0 Å². The minimum absolute atomic E-state index is 0.0661. The van der Waals surface area contributed by atoms with Gasteiger partial charge in [0.15, 0.2) is 0 Å². The van der Waals surface area contributed by atoms with Gasteiger partial charge in [-0.3, -0.25) is 14.9 Å². The summed E-state index contributed by atoms with van der Waals surface area (Å²) in [5, 5.41) is 8.36. The maximum atomic E-state index is 11.7. The second-order valence-corrected chi connectivity index (χ2v) is 4.35. The van der Waals surface area contributed by atoms with E-state index in [1.54, 1.807) is 0 Å². The predicted octanol–water partition coefficient (Wildman–Crippen LogP) is -0.603. The number of rotatable bonds is 8. The standard InChI is InChI=1S/C12H23N3O3/c1-2-3-6-18-7-4-5-13-12(17)10-8-15-11(16)9-14-10/h10,14H,2-9H2,1H3,(H,13,17)(H,15,16). The largest absolute Gasteiger partial charge is 0.381 e. The zero-order chi connectivity index (χ0) is 13.2. The van der Waals surface area contributed by atoms with E-state index in [1.165, 1.54) is 0 Å². The number of nitrogens with one attached hydrogen (secondary N) is 3. The Bertz CT molecular complexity index is 261. The Balaban J connectivity index is 1.98. The van der Waals surface area contributed by atoms with E-state index in [0.717, 1.165) is 25.9 Å². The molecular formula is C12H23N3O3. The highest BCUT2D eigenvalue weighted by Crippen LogP contribution is 1.91. The Kier molecular flexibility index (Phi) is 7.36. The Morgan fingerprint density at radius 1 is 1.44 bits per heavy atom. The quantitative estimate of drug-likeness (QED) is 0.507. The Labute approximate surface area is 108 Å². The molecule has 104 valence electrons.